The molecular weight excluding hydrogens is 294 g/mol. The van der Waals surface area contributed by atoms with Gasteiger partial charge < -0.3 is 10.2 Å². The Morgan fingerprint density at radius 1 is 1.05 bits per heavy atom. The normalized spacial score (nSPS) is 14.2. The largest absolute Gasteiger partial charge is 0.479 e. The minimum atomic E-state index is -5.10. The van der Waals surface area contributed by atoms with Gasteiger partial charge in [0.25, 0.3) is 0 Å². The molecule has 0 heterocycles. The van der Waals surface area contributed by atoms with E-state index in [4.69, 9.17) is 10.2 Å². The Kier molecular flexibility index (Phi) is 4.04. The second kappa shape index (κ2) is 4.97. The Balaban J connectivity index is 3.63. The third kappa shape index (κ3) is 3.21. The van der Waals surface area contributed by atoms with E-state index in [0.717, 1.165) is 0 Å². The fourth-order valence-electron chi connectivity index (χ4n) is 1.63. The smallest absolute Gasteiger partial charge is 0.416 e. The first kappa shape index (κ1) is 16.3. The lowest BCUT2D eigenvalue weighted by Crippen LogP contribution is -2.18. The minimum absolute atomic E-state index is 0.198. The molecule has 0 bridgehead atoms. The van der Waals surface area contributed by atoms with E-state index in [2.05, 4.69) is 0 Å². The van der Waals surface area contributed by atoms with Crippen molar-refractivity contribution in [2.24, 2.45) is 0 Å². The van der Waals surface area contributed by atoms with Crippen LogP contribution < -0.4 is 0 Å². The highest BCUT2D eigenvalue weighted by molar-refractivity contribution is 5.74. The van der Waals surface area contributed by atoms with E-state index in [1.54, 1.807) is 0 Å². The summed E-state index contributed by atoms with van der Waals surface area (Å²) in [6.45, 7) is 0.628. The number of carboxylic acid groups (broad SMARTS) is 1. The zero-order valence-electron chi connectivity index (χ0n) is 9.80. The standard InChI is InChI=1S/C11H8F6O3/c1-4-6(10(12,13)14)2-5(8(18)9(19)20)3-7(4)11(15,16)17/h2-3,8,18H,1H3,(H,19,20). The number of hydrogen-bond donors (Lipinski definition) is 2. The van der Waals surface area contributed by atoms with Gasteiger partial charge in [-0.15, -0.1) is 0 Å². The van der Waals surface area contributed by atoms with Crippen molar-refractivity contribution in [3.8, 4) is 0 Å². The van der Waals surface area contributed by atoms with Crippen molar-refractivity contribution < 1.29 is 41.4 Å². The van der Waals surface area contributed by atoms with Gasteiger partial charge in [-0.2, -0.15) is 26.3 Å². The first-order valence-corrected chi connectivity index (χ1v) is 5.05. The number of benzene rings is 1. The first-order valence-electron chi connectivity index (χ1n) is 5.05. The molecule has 0 saturated heterocycles. The summed E-state index contributed by atoms with van der Waals surface area (Å²) in [6, 6.07) is 0.396. The van der Waals surface area contributed by atoms with Crippen molar-refractivity contribution in [2.45, 2.75) is 25.4 Å². The van der Waals surface area contributed by atoms with Crippen LogP contribution in [0, 0.1) is 6.92 Å². The molecule has 112 valence electrons. The summed E-state index contributed by atoms with van der Waals surface area (Å²) in [5.41, 5.74) is -5.33. The van der Waals surface area contributed by atoms with Crippen LogP contribution in [0.5, 0.6) is 0 Å². The van der Waals surface area contributed by atoms with Crippen LogP contribution >= 0.6 is 0 Å². The molecule has 1 aromatic rings. The maximum absolute atomic E-state index is 12.7. The van der Waals surface area contributed by atoms with Crippen LogP contribution in [0.4, 0.5) is 26.3 Å². The predicted molar refractivity (Wildman–Crippen MR) is 53.8 cm³/mol. The van der Waals surface area contributed by atoms with E-state index in [9.17, 15) is 31.1 Å². The highest BCUT2D eigenvalue weighted by Crippen LogP contribution is 2.40. The number of aliphatic hydroxyl groups is 1. The maximum Gasteiger partial charge on any atom is 0.416 e. The minimum Gasteiger partial charge on any atom is -0.479 e. The Bertz CT molecular complexity index is 497. The molecule has 0 aliphatic heterocycles. The average molecular weight is 302 g/mol. The molecule has 20 heavy (non-hydrogen) atoms. The number of carbonyl (C=O) groups is 1. The average Bonchev–Trinajstić information content (AvgIpc) is 2.24. The second-order valence-electron chi connectivity index (χ2n) is 3.98. The lowest BCUT2D eigenvalue weighted by Gasteiger charge is -2.19. The van der Waals surface area contributed by atoms with Crippen molar-refractivity contribution in [3.63, 3.8) is 0 Å². The molecule has 9 heteroatoms. The number of carboxylic acids is 1. The van der Waals surface area contributed by atoms with Crippen LogP contribution in [0.3, 0.4) is 0 Å². The van der Waals surface area contributed by atoms with Gasteiger partial charge in [0.1, 0.15) is 0 Å². The van der Waals surface area contributed by atoms with Crippen LogP contribution in [0.2, 0.25) is 0 Å². The number of aliphatic carboxylic acids is 1. The van der Waals surface area contributed by atoms with Gasteiger partial charge in [-0.25, -0.2) is 4.79 Å². The number of hydrogen-bond acceptors (Lipinski definition) is 2. The van der Waals surface area contributed by atoms with Gasteiger partial charge >= 0.3 is 18.3 Å². The van der Waals surface area contributed by atoms with Gasteiger partial charge in [-0.1, -0.05) is 0 Å². The third-order valence-corrected chi connectivity index (χ3v) is 2.59. The second-order valence-corrected chi connectivity index (χ2v) is 3.98. The first-order chi connectivity index (χ1) is 8.85. The van der Waals surface area contributed by atoms with E-state index in [0.29, 0.717) is 6.92 Å². The molecule has 0 spiro atoms. The number of rotatable bonds is 2. The highest BCUT2D eigenvalue weighted by Gasteiger charge is 2.40. The molecule has 3 nitrogen and oxygen atoms in total. The molecule has 0 radical (unpaired) electrons. The molecule has 0 aliphatic carbocycles. The summed E-state index contributed by atoms with van der Waals surface area (Å²) >= 11 is 0. The summed E-state index contributed by atoms with van der Waals surface area (Å²) in [5, 5.41) is 17.6. The summed E-state index contributed by atoms with van der Waals surface area (Å²) in [5.74, 6) is -1.95. The molecule has 0 aromatic heterocycles. The van der Waals surface area contributed by atoms with Crippen LogP contribution in [-0.2, 0) is 17.1 Å². The summed E-state index contributed by atoms with van der Waals surface area (Å²) in [7, 11) is 0. The van der Waals surface area contributed by atoms with E-state index in [1.165, 1.54) is 0 Å². The summed E-state index contributed by atoms with van der Waals surface area (Å²) in [6.07, 6.45) is -12.7. The Morgan fingerprint density at radius 3 is 1.65 bits per heavy atom. The van der Waals surface area contributed by atoms with Crippen LogP contribution in [0.1, 0.15) is 28.4 Å². The zero-order valence-corrected chi connectivity index (χ0v) is 9.80. The van der Waals surface area contributed by atoms with Crippen LogP contribution in [0.25, 0.3) is 0 Å². The van der Waals surface area contributed by atoms with E-state index < -0.39 is 46.7 Å². The molecule has 1 atom stereocenters. The fourth-order valence-corrected chi connectivity index (χ4v) is 1.63. The van der Waals surface area contributed by atoms with E-state index in [1.807, 2.05) is 0 Å². The van der Waals surface area contributed by atoms with Gasteiger partial charge in [-0.05, 0) is 30.2 Å². The molecule has 1 rings (SSSR count). The van der Waals surface area contributed by atoms with Gasteiger partial charge in [0.2, 0.25) is 0 Å². The fraction of sp³-hybridized carbons (Fsp3) is 0.364. The quantitative estimate of drug-likeness (QED) is 0.825. The molecule has 1 unspecified atom stereocenters. The van der Waals surface area contributed by atoms with Crippen molar-refractivity contribution in [3.05, 3.63) is 34.4 Å². The van der Waals surface area contributed by atoms with Gasteiger partial charge in [0, 0.05) is 0 Å². The van der Waals surface area contributed by atoms with Gasteiger partial charge in [0.15, 0.2) is 6.10 Å². The van der Waals surface area contributed by atoms with Crippen LogP contribution in [-0.4, -0.2) is 16.2 Å². The van der Waals surface area contributed by atoms with Crippen molar-refractivity contribution in [1.82, 2.24) is 0 Å². The Labute approximate surface area is 108 Å². The van der Waals surface area contributed by atoms with Gasteiger partial charge in [-0.3, -0.25) is 0 Å². The van der Waals surface area contributed by atoms with Crippen molar-refractivity contribution in [2.75, 3.05) is 0 Å². The zero-order chi connectivity index (χ0) is 15.9. The van der Waals surface area contributed by atoms with Crippen LogP contribution in [0.15, 0.2) is 12.1 Å². The van der Waals surface area contributed by atoms with E-state index in [-0.39, 0.29) is 12.1 Å². The Morgan fingerprint density at radius 2 is 1.40 bits per heavy atom. The topological polar surface area (TPSA) is 57.5 Å². The number of aliphatic hydroxyl groups excluding tert-OH is 1. The number of alkyl halides is 6. The molecule has 2 N–H and O–H groups in total. The molecular formula is C11H8F6O3. The maximum atomic E-state index is 12.7. The SMILES string of the molecule is Cc1c(C(F)(F)F)cc(C(O)C(=O)O)cc1C(F)(F)F. The molecule has 1 aromatic carbocycles. The predicted octanol–water partition coefficient (Wildman–Crippen LogP) is 3.15. The summed E-state index contributed by atoms with van der Waals surface area (Å²) < 4.78 is 76.0. The lowest BCUT2D eigenvalue weighted by molar-refractivity contribution is -0.149. The lowest BCUT2D eigenvalue weighted by atomic mass is 9.95. The third-order valence-electron chi connectivity index (χ3n) is 2.59. The summed E-state index contributed by atoms with van der Waals surface area (Å²) in [4.78, 5) is 10.5. The number of halogens is 6. The molecule has 0 amide bonds. The van der Waals surface area contributed by atoms with Crippen molar-refractivity contribution in [1.29, 1.82) is 0 Å². The molecule has 0 aliphatic rings. The monoisotopic (exact) mass is 302 g/mol. The molecule has 0 fully saturated rings. The van der Waals surface area contributed by atoms with E-state index >= 15 is 0 Å². The Hall–Kier alpha value is -1.77. The molecule has 0 saturated carbocycles. The van der Waals surface area contributed by atoms with Crippen molar-refractivity contribution >= 4 is 5.97 Å². The van der Waals surface area contributed by atoms with Gasteiger partial charge in [0.05, 0.1) is 11.1 Å². The highest BCUT2D eigenvalue weighted by atomic mass is 19.4.